The van der Waals surface area contributed by atoms with Crippen molar-refractivity contribution in [2.45, 2.75) is 47.0 Å². The Kier molecular flexibility index (Phi) is 6.40. The van der Waals surface area contributed by atoms with Crippen LogP contribution in [0.2, 0.25) is 0 Å². The SMILES string of the molecule is CCOC(=O)c1ccc(C)c(CCCC(C)C)c1C(=O)O. The number of carboxylic acid groups (broad SMARTS) is 1. The fourth-order valence-corrected chi connectivity index (χ4v) is 2.38. The minimum atomic E-state index is -1.07. The quantitative estimate of drug-likeness (QED) is 0.775. The van der Waals surface area contributed by atoms with Crippen LogP contribution in [0.3, 0.4) is 0 Å². The van der Waals surface area contributed by atoms with Gasteiger partial charge in [0, 0.05) is 0 Å². The molecule has 0 saturated heterocycles. The Morgan fingerprint density at radius 2 is 1.95 bits per heavy atom. The molecule has 4 heteroatoms. The molecule has 0 amide bonds. The van der Waals surface area contributed by atoms with E-state index < -0.39 is 11.9 Å². The fourth-order valence-electron chi connectivity index (χ4n) is 2.38. The van der Waals surface area contributed by atoms with Gasteiger partial charge in [0.1, 0.15) is 0 Å². The average molecular weight is 292 g/mol. The number of carboxylic acids is 1. The highest BCUT2D eigenvalue weighted by molar-refractivity contribution is 6.03. The maximum atomic E-state index is 11.9. The summed E-state index contributed by atoms with van der Waals surface area (Å²) in [6.07, 6.45) is 2.60. The number of benzene rings is 1. The predicted molar refractivity (Wildman–Crippen MR) is 81.9 cm³/mol. The molecule has 0 radical (unpaired) electrons. The number of aromatic carboxylic acids is 1. The number of esters is 1. The van der Waals surface area contributed by atoms with Gasteiger partial charge in [-0.3, -0.25) is 0 Å². The molecular formula is C17H24O4. The second-order valence-electron chi connectivity index (χ2n) is 5.60. The smallest absolute Gasteiger partial charge is 0.339 e. The monoisotopic (exact) mass is 292 g/mol. The molecule has 0 aliphatic rings. The Morgan fingerprint density at radius 1 is 1.29 bits per heavy atom. The highest BCUT2D eigenvalue weighted by atomic mass is 16.5. The molecule has 0 aliphatic heterocycles. The van der Waals surface area contributed by atoms with E-state index in [0.29, 0.717) is 12.3 Å². The maximum absolute atomic E-state index is 11.9. The Morgan fingerprint density at radius 3 is 2.48 bits per heavy atom. The van der Waals surface area contributed by atoms with Crippen molar-refractivity contribution in [3.05, 3.63) is 34.4 Å². The van der Waals surface area contributed by atoms with Crippen LogP contribution in [0, 0.1) is 12.8 Å². The van der Waals surface area contributed by atoms with Gasteiger partial charge in [-0.25, -0.2) is 9.59 Å². The molecule has 0 spiro atoms. The van der Waals surface area contributed by atoms with Gasteiger partial charge in [0.2, 0.25) is 0 Å². The van der Waals surface area contributed by atoms with Crippen LogP contribution in [0.4, 0.5) is 0 Å². The summed E-state index contributed by atoms with van der Waals surface area (Å²) in [6, 6.07) is 3.34. The molecule has 1 N–H and O–H groups in total. The van der Waals surface area contributed by atoms with Crippen molar-refractivity contribution in [3.63, 3.8) is 0 Å². The predicted octanol–water partition coefficient (Wildman–Crippen LogP) is 3.85. The number of hydrogen-bond acceptors (Lipinski definition) is 3. The lowest BCUT2D eigenvalue weighted by Crippen LogP contribution is -2.15. The molecule has 0 atom stereocenters. The van der Waals surface area contributed by atoms with Crippen molar-refractivity contribution < 1.29 is 19.4 Å². The lowest BCUT2D eigenvalue weighted by Gasteiger charge is -2.14. The summed E-state index contributed by atoms with van der Waals surface area (Å²) >= 11 is 0. The van der Waals surface area contributed by atoms with Crippen LogP contribution in [-0.4, -0.2) is 23.7 Å². The van der Waals surface area contributed by atoms with Gasteiger partial charge in [0.25, 0.3) is 0 Å². The van der Waals surface area contributed by atoms with Crippen molar-refractivity contribution in [1.82, 2.24) is 0 Å². The summed E-state index contributed by atoms with van der Waals surface area (Å²) in [5, 5.41) is 9.49. The number of carbonyl (C=O) groups is 2. The van der Waals surface area contributed by atoms with E-state index in [1.54, 1.807) is 19.1 Å². The molecule has 0 heterocycles. The highest BCUT2D eigenvalue weighted by Gasteiger charge is 2.22. The first-order chi connectivity index (χ1) is 9.88. The standard InChI is InChI=1S/C17H24O4/c1-5-21-17(20)14-10-9-12(4)13(15(14)16(18)19)8-6-7-11(2)3/h9-11H,5-8H2,1-4H3,(H,18,19). The van der Waals surface area contributed by atoms with Gasteiger partial charge in [-0.2, -0.15) is 0 Å². The van der Waals surface area contributed by atoms with E-state index in [1.165, 1.54) is 0 Å². The zero-order valence-corrected chi connectivity index (χ0v) is 13.2. The van der Waals surface area contributed by atoms with Crippen LogP contribution < -0.4 is 0 Å². The average Bonchev–Trinajstić information content (AvgIpc) is 2.39. The summed E-state index contributed by atoms with van der Waals surface area (Å²) in [4.78, 5) is 23.5. The van der Waals surface area contributed by atoms with Crippen LogP contribution >= 0.6 is 0 Å². The minimum Gasteiger partial charge on any atom is -0.478 e. The molecule has 0 bridgehead atoms. The summed E-state index contributed by atoms with van der Waals surface area (Å²) < 4.78 is 4.95. The third kappa shape index (κ3) is 4.59. The molecule has 1 aromatic rings. The topological polar surface area (TPSA) is 63.6 Å². The highest BCUT2D eigenvalue weighted by Crippen LogP contribution is 2.23. The van der Waals surface area contributed by atoms with Crippen LogP contribution in [-0.2, 0) is 11.2 Å². The second-order valence-corrected chi connectivity index (χ2v) is 5.60. The first-order valence-corrected chi connectivity index (χ1v) is 7.41. The molecule has 116 valence electrons. The van der Waals surface area contributed by atoms with Crippen LogP contribution in [0.5, 0.6) is 0 Å². The lowest BCUT2D eigenvalue weighted by atomic mass is 9.91. The van der Waals surface area contributed by atoms with Gasteiger partial charge < -0.3 is 9.84 Å². The Labute approximate surface area is 126 Å². The van der Waals surface area contributed by atoms with E-state index >= 15 is 0 Å². The zero-order chi connectivity index (χ0) is 16.0. The third-order valence-electron chi connectivity index (χ3n) is 3.46. The van der Waals surface area contributed by atoms with Crippen molar-refractivity contribution in [2.24, 2.45) is 5.92 Å². The van der Waals surface area contributed by atoms with E-state index in [4.69, 9.17) is 4.74 Å². The number of rotatable bonds is 7. The van der Waals surface area contributed by atoms with Crippen molar-refractivity contribution >= 4 is 11.9 Å². The first kappa shape index (κ1) is 17.2. The molecule has 0 fully saturated rings. The van der Waals surface area contributed by atoms with E-state index in [0.717, 1.165) is 24.0 Å². The molecule has 1 aromatic carbocycles. The number of carbonyl (C=O) groups excluding carboxylic acids is 1. The van der Waals surface area contributed by atoms with Gasteiger partial charge in [0.05, 0.1) is 17.7 Å². The van der Waals surface area contributed by atoms with Crippen LogP contribution in [0.25, 0.3) is 0 Å². The Hall–Kier alpha value is -1.84. The summed E-state index contributed by atoms with van der Waals surface area (Å²) in [6.45, 7) is 8.09. The number of ether oxygens (including phenoxy) is 1. The van der Waals surface area contributed by atoms with Gasteiger partial charge in [-0.15, -0.1) is 0 Å². The summed E-state index contributed by atoms with van der Waals surface area (Å²) in [5.74, 6) is -1.06. The molecule has 1 rings (SSSR count). The van der Waals surface area contributed by atoms with Crippen molar-refractivity contribution in [2.75, 3.05) is 6.61 Å². The normalized spacial score (nSPS) is 10.7. The van der Waals surface area contributed by atoms with E-state index in [1.807, 2.05) is 6.92 Å². The maximum Gasteiger partial charge on any atom is 0.339 e. The zero-order valence-electron chi connectivity index (χ0n) is 13.2. The Bertz CT molecular complexity index is 518. The second kappa shape index (κ2) is 7.81. The fraction of sp³-hybridized carbons (Fsp3) is 0.529. The minimum absolute atomic E-state index is 0.0946. The van der Waals surface area contributed by atoms with Crippen molar-refractivity contribution in [3.8, 4) is 0 Å². The molecule has 21 heavy (non-hydrogen) atoms. The number of aryl methyl sites for hydroxylation is 1. The van der Waals surface area contributed by atoms with Crippen LogP contribution in [0.1, 0.15) is 65.5 Å². The molecule has 0 aliphatic carbocycles. The summed E-state index contributed by atoms with van der Waals surface area (Å²) in [5.41, 5.74) is 1.89. The Balaban J connectivity index is 3.17. The number of hydrogen-bond donors (Lipinski definition) is 1. The molecular weight excluding hydrogens is 268 g/mol. The van der Waals surface area contributed by atoms with E-state index in [2.05, 4.69) is 13.8 Å². The van der Waals surface area contributed by atoms with Gasteiger partial charge in [-0.1, -0.05) is 26.3 Å². The molecule has 4 nitrogen and oxygen atoms in total. The van der Waals surface area contributed by atoms with Crippen molar-refractivity contribution in [1.29, 1.82) is 0 Å². The molecule has 0 saturated carbocycles. The van der Waals surface area contributed by atoms with Gasteiger partial charge in [0.15, 0.2) is 0 Å². The molecule has 0 aromatic heterocycles. The van der Waals surface area contributed by atoms with E-state index in [-0.39, 0.29) is 17.7 Å². The van der Waals surface area contributed by atoms with Gasteiger partial charge >= 0.3 is 11.9 Å². The molecule has 0 unspecified atom stereocenters. The lowest BCUT2D eigenvalue weighted by molar-refractivity contribution is 0.0514. The van der Waals surface area contributed by atoms with E-state index in [9.17, 15) is 14.7 Å². The third-order valence-corrected chi connectivity index (χ3v) is 3.46. The summed E-state index contributed by atoms with van der Waals surface area (Å²) in [7, 11) is 0. The van der Waals surface area contributed by atoms with Crippen LogP contribution in [0.15, 0.2) is 12.1 Å². The largest absolute Gasteiger partial charge is 0.478 e. The first-order valence-electron chi connectivity index (χ1n) is 7.41. The van der Waals surface area contributed by atoms with Gasteiger partial charge in [-0.05, 0) is 49.8 Å².